The van der Waals surface area contributed by atoms with Crippen LogP contribution in [0.2, 0.25) is 0 Å². The van der Waals surface area contributed by atoms with Crippen molar-refractivity contribution in [3.05, 3.63) is 0 Å². The normalized spacial score (nSPS) is 18.5. The Morgan fingerprint density at radius 3 is 1.83 bits per heavy atom. The molecule has 0 rings (SSSR count). The first kappa shape index (κ1) is 29.8. The van der Waals surface area contributed by atoms with Gasteiger partial charge in [-0.15, -0.1) is 0 Å². The zero-order chi connectivity index (χ0) is 23.8. The summed E-state index contributed by atoms with van der Waals surface area (Å²) in [7, 11) is 0. The van der Waals surface area contributed by atoms with Crippen molar-refractivity contribution in [3.63, 3.8) is 0 Å². The van der Waals surface area contributed by atoms with Crippen LogP contribution in [0.25, 0.3) is 0 Å². The second-order valence-electron chi connectivity index (χ2n) is 11.3. The SMILES string of the molecule is CCC(C)(CC(C)(C)OCCC(C)(C)OC(C)C)C(C)OCC(C)OC(C)C(C)C. The van der Waals surface area contributed by atoms with Gasteiger partial charge in [-0.3, -0.25) is 0 Å². The van der Waals surface area contributed by atoms with Crippen molar-refractivity contribution in [1.29, 1.82) is 0 Å². The monoisotopic (exact) mass is 430 g/mol. The van der Waals surface area contributed by atoms with E-state index in [9.17, 15) is 0 Å². The van der Waals surface area contributed by atoms with E-state index >= 15 is 0 Å². The summed E-state index contributed by atoms with van der Waals surface area (Å²) in [5.41, 5.74) is -0.348. The van der Waals surface area contributed by atoms with Gasteiger partial charge in [0.1, 0.15) is 0 Å². The molecule has 0 amide bonds. The van der Waals surface area contributed by atoms with Crippen LogP contribution in [0, 0.1) is 11.3 Å². The van der Waals surface area contributed by atoms with E-state index in [1.165, 1.54) is 0 Å². The molecule has 4 heteroatoms. The van der Waals surface area contributed by atoms with Crippen LogP contribution in [-0.4, -0.2) is 48.8 Å². The first-order valence-electron chi connectivity index (χ1n) is 12.1. The van der Waals surface area contributed by atoms with Gasteiger partial charge in [-0.2, -0.15) is 0 Å². The molecule has 0 aliphatic carbocycles. The molecule has 0 N–H and O–H groups in total. The van der Waals surface area contributed by atoms with Crippen molar-refractivity contribution in [2.45, 2.75) is 145 Å². The summed E-state index contributed by atoms with van der Waals surface area (Å²) < 4.78 is 24.7. The van der Waals surface area contributed by atoms with E-state index in [0.29, 0.717) is 19.1 Å². The molecule has 0 aromatic carbocycles. The molecule has 0 aromatic rings. The highest BCUT2D eigenvalue weighted by atomic mass is 16.5. The topological polar surface area (TPSA) is 36.9 Å². The van der Waals surface area contributed by atoms with Crippen molar-refractivity contribution in [2.24, 2.45) is 11.3 Å². The van der Waals surface area contributed by atoms with E-state index in [1.54, 1.807) is 0 Å². The Balaban J connectivity index is 4.71. The number of hydrogen-bond acceptors (Lipinski definition) is 4. The molecule has 0 fully saturated rings. The van der Waals surface area contributed by atoms with E-state index in [4.69, 9.17) is 18.9 Å². The van der Waals surface area contributed by atoms with E-state index in [0.717, 1.165) is 19.3 Å². The average molecular weight is 431 g/mol. The van der Waals surface area contributed by atoms with Gasteiger partial charge in [0.05, 0.1) is 48.8 Å². The van der Waals surface area contributed by atoms with Crippen LogP contribution in [0.1, 0.15) is 109 Å². The highest BCUT2D eigenvalue weighted by molar-refractivity contribution is 4.87. The highest BCUT2D eigenvalue weighted by Crippen LogP contribution is 2.38. The molecular formula is C26H54O4. The molecule has 0 aliphatic rings. The van der Waals surface area contributed by atoms with Crippen LogP contribution >= 0.6 is 0 Å². The maximum absolute atomic E-state index is 6.34. The molecule has 0 aromatic heterocycles. The van der Waals surface area contributed by atoms with Crippen molar-refractivity contribution in [3.8, 4) is 0 Å². The van der Waals surface area contributed by atoms with Crippen LogP contribution in [0.5, 0.6) is 0 Å². The lowest BCUT2D eigenvalue weighted by atomic mass is 9.74. The van der Waals surface area contributed by atoms with Crippen molar-refractivity contribution < 1.29 is 18.9 Å². The molecule has 0 saturated carbocycles. The van der Waals surface area contributed by atoms with E-state index in [-0.39, 0.29) is 41.0 Å². The number of rotatable bonds is 16. The molecule has 0 spiro atoms. The zero-order valence-corrected chi connectivity index (χ0v) is 22.6. The zero-order valence-electron chi connectivity index (χ0n) is 22.6. The Bertz CT molecular complexity index is 458. The van der Waals surface area contributed by atoms with Gasteiger partial charge in [-0.05, 0) is 92.9 Å². The van der Waals surface area contributed by atoms with Crippen molar-refractivity contribution >= 4 is 0 Å². The molecule has 4 atom stereocenters. The molecule has 4 unspecified atom stereocenters. The fourth-order valence-corrected chi connectivity index (χ4v) is 3.89. The summed E-state index contributed by atoms with van der Waals surface area (Å²) in [6.45, 7) is 29.5. The van der Waals surface area contributed by atoms with E-state index < -0.39 is 0 Å². The van der Waals surface area contributed by atoms with Crippen LogP contribution < -0.4 is 0 Å². The molecule has 0 radical (unpaired) electrons. The average Bonchev–Trinajstić information content (AvgIpc) is 2.57. The summed E-state index contributed by atoms with van der Waals surface area (Å²) >= 11 is 0. The third-order valence-corrected chi connectivity index (χ3v) is 6.34. The molecular weight excluding hydrogens is 376 g/mol. The maximum atomic E-state index is 6.34. The molecule has 0 bridgehead atoms. The standard InChI is InChI=1S/C26H54O4/c1-14-26(13,23(8)27-17-21(6)29-22(7)19(2)3)18-25(11,12)28-16-15-24(9,10)30-20(4)5/h19-23H,14-18H2,1-13H3. The molecule has 4 nitrogen and oxygen atoms in total. The maximum Gasteiger partial charge on any atom is 0.0784 e. The van der Waals surface area contributed by atoms with Gasteiger partial charge >= 0.3 is 0 Å². The van der Waals surface area contributed by atoms with Gasteiger partial charge in [0.2, 0.25) is 0 Å². The largest absolute Gasteiger partial charge is 0.375 e. The van der Waals surface area contributed by atoms with Gasteiger partial charge in [-0.1, -0.05) is 27.7 Å². The van der Waals surface area contributed by atoms with Crippen molar-refractivity contribution in [1.82, 2.24) is 0 Å². The smallest absolute Gasteiger partial charge is 0.0784 e. The molecule has 0 aliphatic heterocycles. The van der Waals surface area contributed by atoms with Gasteiger partial charge in [0.15, 0.2) is 0 Å². The minimum absolute atomic E-state index is 0.0385. The number of hydrogen-bond donors (Lipinski definition) is 0. The Hall–Kier alpha value is -0.160. The Morgan fingerprint density at radius 1 is 0.800 bits per heavy atom. The predicted molar refractivity (Wildman–Crippen MR) is 128 cm³/mol. The van der Waals surface area contributed by atoms with Gasteiger partial charge in [0.25, 0.3) is 0 Å². The minimum atomic E-state index is -0.218. The Labute approximate surface area is 188 Å². The van der Waals surface area contributed by atoms with Crippen LogP contribution in [0.4, 0.5) is 0 Å². The van der Waals surface area contributed by atoms with Crippen LogP contribution in [0.15, 0.2) is 0 Å². The fraction of sp³-hybridized carbons (Fsp3) is 1.00. The lowest BCUT2D eigenvalue weighted by molar-refractivity contribution is -0.127. The summed E-state index contributed by atoms with van der Waals surface area (Å²) in [6.07, 6.45) is 3.56. The third kappa shape index (κ3) is 12.0. The number of ether oxygens (including phenoxy) is 4. The summed E-state index contributed by atoms with van der Waals surface area (Å²) in [6, 6.07) is 0. The second kappa shape index (κ2) is 12.8. The summed E-state index contributed by atoms with van der Waals surface area (Å²) in [4.78, 5) is 0. The molecule has 182 valence electrons. The fourth-order valence-electron chi connectivity index (χ4n) is 3.89. The van der Waals surface area contributed by atoms with E-state index in [1.807, 2.05) is 0 Å². The van der Waals surface area contributed by atoms with E-state index in [2.05, 4.69) is 90.0 Å². The predicted octanol–water partition coefficient (Wildman–Crippen LogP) is 7.04. The van der Waals surface area contributed by atoms with Crippen LogP contribution in [-0.2, 0) is 18.9 Å². The Kier molecular flexibility index (Phi) is 12.7. The molecule has 30 heavy (non-hydrogen) atoms. The first-order valence-corrected chi connectivity index (χ1v) is 12.1. The van der Waals surface area contributed by atoms with Gasteiger partial charge in [0, 0.05) is 0 Å². The third-order valence-electron chi connectivity index (χ3n) is 6.34. The highest BCUT2D eigenvalue weighted by Gasteiger charge is 2.37. The summed E-state index contributed by atoms with van der Waals surface area (Å²) in [5.74, 6) is 0.514. The second-order valence-corrected chi connectivity index (χ2v) is 11.3. The Morgan fingerprint density at radius 2 is 1.37 bits per heavy atom. The first-order chi connectivity index (χ1) is 13.5. The lowest BCUT2D eigenvalue weighted by Crippen LogP contribution is -2.42. The van der Waals surface area contributed by atoms with Crippen LogP contribution in [0.3, 0.4) is 0 Å². The molecule has 0 saturated heterocycles. The molecule has 0 heterocycles. The van der Waals surface area contributed by atoms with Gasteiger partial charge < -0.3 is 18.9 Å². The summed E-state index contributed by atoms with van der Waals surface area (Å²) in [5, 5.41) is 0. The van der Waals surface area contributed by atoms with Crippen molar-refractivity contribution in [2.75, 3.05) is 13.2 Å². The quantitative estimate of drug-likeness (QED) is 0.263. The lowest BCUT2D eigenvalue weighted by Gasteiger charge is -2.41. The minimum Gasteiger partial charge on any atom is -0.375 e. The van der Waals surface area contributed by atoms with Gasteiger partial charge in [-0.25, -0.2) is 0 Å².